The van der Waals surface area contributed by atoms with Crippen LogP contribution in [0.15, 0.2) is 41.8 Å². The third-order valence-corrected chi connectivity index (χ3v) is 4.61. The zero-order valence-electron chi connectivity index (χ0n) is 14.1. The summed E-state index contributed by atoms with van der Waals surface area (Å²) in [6.07, 6.45) is 3.60. The zero-order chi connectivity index (χ0) is 16.8. The highest BCUT2D eigenvalue weighted by Gasteiger charge is 2.09. The van der Waals surface area contributed by atoms with Gasteiger partial charge in [0.15, 0.2) is 5.16 Å². The Morgan fingerprint density at radius 1 is 1.35 bits per heavy atom. The van der Waals surface area contributed by atoms with Crippen molar-refractivity contribution in [2.45, 2.75) is 32.0 Å². The predicted octanol–water partition coefficient (Wildman–Crippen LogP) is 3.39. The standard InChI is InChI=1S/C17H24N4OS/c1-5-21(13(2)3)15-8-6-14(7-9-15)19-16(22)12-23-17-18-10-11-20(17)4/h6-11,13H,5,12H2,1-4H3,(H,19,22). The normalized spacial score (nSPS) is 10.8. The molecule has 124 valence electrons. The van der Waals surface area contributed by atoms with E-state index in [9.17, 15) is 4.79 Å². The van der Waals surface area contributed by atoms with Crippen LogP contribution in [0.3, 0.4) is 0 Å². The van der Waals surface area contributed by atoms with Gasteiger partial charge in [-0.3, -0.25) is 4.79 Å². The van der Waals surface area contributed by atoms with Gasteiger partial charge < -0.3 is 14.8 Å². The number of carbonyl (C=O) groups is 1. The van der Waals surface area contributed by atoms with Crippen molar-refractivity contribution in [1.82, 2.24) is 9.55 Å². The molecule has 0 spiro atoms. The lowest BCUT2D eigenvalue weighted by Crippen LogP contribution is -2.30. The van der Waals surface area contributed by atoms with Gasteiger partial charge >= 0.3 is 0 Å². The molecule has 0 aliphatic heterocycles. The van der Waals surface area contributed by atoms with Crippen LogP contribution >= 0.6 is 11.8 Å². The average Bonchev–Trinajstić information content (AvgIpc) is 2.92. The van der Waals surface area contributed by atoms with Crippen LogP contribution in [0.1, 0.15) is 20.8 Å². The van der Waals surface area contributed by atoms with Gasteiger partial charge in [-0.1, -0.05) is 11.8 Å². The minimum Gasteiger partial charge on any atom is -0.369 e. The highest BCUT2D eigenvalue weighted by molar-refractivity contribution is 7.99. The summed E-state index contributed by atoms with van der Waals surface area (Å²) in [4.78, 5) is 18.5. The number of amides is 1. The minimum absolute atomic E-state index is 0.0260. The van der Waals surface area contributed by atoms with Crippen molar-refractivity contribution in [1.29, 1.82) is 0 Å². The second-order valence-electron chi connectivity index (χ2n) is 5.58. The molecule has 0 saturated carbocycles. The molecule has 1 amide bonds. The number of rotatable bonds is 7. The molecule has 0 aliphatic rings. The smallest absolute Gasteiger partial charge is 0.234 e. The lowest BCUT2D eigenvalue weighted by atomic mass is 10.2. The first-order valence-corrected chi connectivity index (χ1v) is 8.76. The largest absolute Gasteiger partial charge is 0.369 e. The second-order valence-corrected chi connectivity index (χ2v) is 6.53. The molecule has 2 rings (SSSR count). The number of nitrogens with zero attached hydrogens (tertiary/aromatic N) is 3. The molecule has 2 aromatic rings. The maximum atomic E-state index is 12.0. The Morgan fingerprint density at radius 2 is 2.04 bits per heavy atom. The molecule has 1 N–H and O–H groups in total. The van der Waals surface area contributed by atoms with Gasteiger partial charge in [0, 0.05) is 43.4 Å². The van der Waals surface area contributed by atoms with E-state index in [1.165, 1.54) is 17.4 Å². The number of benzene rings is 1. The fraction of sp³-hybridized carbons (Fsp3) is 0.412. The maximum Gasteiger partial charge on any atom is 0.234 e. The van der Waals surface area contributed by atoms with Gasteiger partial charge in [-0.2, -0.15) is 0 Å². The number of imidazole rings is 1. The maximum absolute atomic E-state index is 12.0. The van der Waals surface area contributed by atoms with Gasteiger partial charge in [0.25, 0.3) is 0 Å². The van der Waals surface area contributed by atoms with Gasteiger partial charge in [0.1, 0.15) is 0 Å². The molecule has 0 aliphatic carbocycles. The van der Waals surface area contributed by atoms with Crippen LogP contribution in [-0.2, 0) is 11.8 Å². The number of thioether (sulfide) groups is 1. The molecule has 0 bridgehead atoms. The van der Waals surface area contributed by atoms with Gasteiger partial charge in [0.05, 0.1) is 5.75 Å². The zero-order valence-corrected chi connectivity index (χ0v) is 14.9. The number of nitrogens with one attached hydrogen (secondary N) is 1. The Bertz CT molecular complexity index is 636. The molecule has 0 unspecified atom stereocenters. The lowest BCUT2D eigenvalue weighted by molar-refractivity contribution is -0.113. The minimum atomic E-state index is -0.0260. The summed E-state index contributed by atoms with van der Waals surface area (Å²) in [5.41, 5.74) is 1.99. The van der Waals surface area contributed by atoms with Crippen LogP contribution in [0.25, 0.3) is 0 Å². The quantitative estimate of drug-likeness (QED) is 0.790. The van der Waals surface area contributed by atoms with E-state index in [0.29, 0.717) is 11.8 Å². The molecular weight excluding hydrogens is 308 g/mol. The second kappa shape index (κ2) is 8.06. The fourth-order valence-electron chi connectivity index (χ4n) is 2.40. The van der Waals surface area contributed by atoms with Crippen LogP contribution in [0, 0.1) is 0 Å². The number of aryl methyl sites for hydroxylation is 1. The molecule has 0 radical (unpaired) electrons. The van der Waals surface area contributed by atoms with Gasteiger partial charge in [0.2, 0.25) is 5.91 Å². The van der Waals surface area contributed by atoms with E-state index >= 15 is 0 Å². The van der Waals surface area contributed by atoms with Crippen molar-refractivity contribution < 1.29 is 4.79 Å². The van der Waals surface area contributed by atoms with Crippen molar-refractivity contribution in [2.24, 2.45) is 7.05 Å². The van der Waals surface area contributed by atoms with E-state index in [-0.39, 0.29) is 5.91 Å². The van der Waals surface area contributed by atoms with Crippen molar-refractivity contribution in [2.75, 3.05) is 22.5 Å². The molecule has 0 saturated heterocycles. The molecule has 0 fully saturated rings. The van der Waals surface area contributed by atoms with E-state index in [0.717, 1.165) is 17.4 Å². The Balaban J connectivity index is 1.90. The first-order valence-electron chi connectivity index (χ1n) is 7.78. The highest BCUT2D eigenvalue weighted by Crippen LogP contribution is 2.20. The molecule has 1 heterocycles. The van der Waals surface area contributed by atoms with Crippen LogP contribution in [0.2, 0.25) is 0 Å². The van der Waals surface area contributed by atoms with Crippen LogP contribution in [0.5, 0.6) is 0 Å². The van der Waals surface area contributed by atoms with Crippen LogP contribution in [0.4, 0.5) is 11.4 Å². The van der Waals surface area contributed by atoms with E-state index in [2.05, 4.69) is 36.0 Å². The number of carbonyl (C=O) groups excluding carboxylic acids is 1. The number of hydrogen-bond acceptors (Lipinski definition) is 4. The van der Waals surface area contributed by atoms with Crippen molar-refractivity contribution in [3.8, 4) is 0 Å². The molecule has 1 aromatic carbocycles. The monoisotopic (exact) mass is 332 g/mol. The van der Waals surface area contributed by atoms with Crippen molar-refractivity contribution in [3.05, 3.63) is 36.7 Å². The van der Waals surface area contributed by atoms with Gasteiger partial charge in [-0.05, 0) is 45.0 Å². The first kappa shape index (κ1) is 17.4. The van der Waals surface area contributed by atoms with E-state index in [1.54, 1.807) is 6.20 Å². The summed E-state index contributed by atoms with van der Waals surface area (Å²) < 4.78 is 1.90. The molecule has 0 atom stereocenters. The number of aromatic nitrogens is 2. The summed E-state index contributed by atoms with van der Waals surface area (Å²) in [5, 5.41) is 3.76. The van der Waals surface area contributed by atoms with Crippen molar-refractivity contribution in [3.63, 3.8) is 0 Å². The molecule has 6 heteroatoms. The summed E-state index contributed by atoms with van der Waals surface area (Å²) >= 11 is 1.43. The first-order chi connectivity index (χ1) is 11.0. The topological polar surface area (TPSA) is 50.2 Å². The molecule has 1 aromatic heterocycles. The van der Waals surface area contributed by atoms with E-state index in [4.69, 9.17) is 0 Å². The summed E-state index contributed by atoms with van der Waals surface area (Å²) in [6.45, 7) is 7.45. The average molecular weight is 332 g/mol. The highest BCUT2D eigenvalue weighted by atomic mass is 32.2. The van der Waals surface area contributed by atoms with Crippen LogP contribution < -0.4 is 10.2 Å². The Labute approximate surface area is 142 Å². The summed E-state index contributed by atoms with van der Waals surface area (Å²) in [7, 11) is 1.92. The number of hydrogen-bond donors (Lipinski definition) is 1. The third kappa shape index (κ3) is 4.76. The van der Waals surface area contributed by atoms with Crippen LogP contribution in [-0.4, -0.2) is 33.8 Å². The van der Waals surface area contributed by atoms with Crippen molar-refractivity contribution >= 4 is 29.0 Å². The molecule has 5 nitrogen and oxygen atoms in total. The van der Waals surface area contributed by atoms with E-state index < -0.39 is 0 Å². The third-order valence-electron chi connectivity index (χ3n) is 3.56. The predicted molar refractivity (Wildman–Crippen MR) is 97.2 cm³/mol. The lowest BCUT2D eigenvalue weighted by Gasteiger charge is -2.27. The fourth-order valence-corrected chi connectivity index (χ4v) is 3.13. The molecule has 23 heavy (non-hydrogen) atoms. The van der Waals surface area contributed by atoms with E-state index in [1.807, 2.05) is 42.1 Å². The Hall–Kier alpha value is -1.95. The summed E-state index contributed by atoms with van der Waals surface area (Å²) in [5.74, 6) is 0.321. The SMILES string of the molecule is CCN(c1ccc(NC(=O)CSc2nccn2C)cc1)C(C)C. The summed E-state index contributed by atoms with van der Waals surface area (Å²) in [6, 6.07) is 8.44. The number of anilines is 2. The van der Waals surface area contributed by atoms with Gasteiger partial charge in [-0.25, -0.2) is 4.98 Å². The molecular formula is C17H24N4OS. The van der Waals surface area contributed by atoms with Gasteiger partial charge in [-0.15, -0.1) is 0 Å². The Kier molecular flexibility index (Phi) is 6.10. The Morgan fingerprint density at radius 3 is 2.57 bits per heavy atom.